The van der Waals surface area contributed by atoms with Gasteiger partial charge in [0.25, 0.3) is 5.91 Å². The lowest BCUT2D eigenvalue weighted by Crippen LogP contribution is -2.48. The lowest BCUT2D eigenvalue weighted by atomic mass is 10.1. The Morgan fingerprint density at radius 2 is 1.90 bits per heavy atom. The Kier molecular flexibility index (Phi) is 5.07. The molecule has 0 atom stereocenters. The fraction of sp³-hybridized carbons (Fsp3) is 0.562. The van der Waals surface area contributed by atoms with E-state index in [4.69, 9.17) is 5.73 Å². The minimum absolute atomic E-state index is 0.0853. The monoisotopic (exact) mass is 290 g/mol. The van der Waals surface area contributed by atoms with Gasteiger partial charge in [-0.15, -0.1) is 0 Å². The molecule has 0 unspecified atom stereocenters. The van der Waals surface area contributed by atoms with Crippen molar-refractivity contribution in [2.45, 2.75) is 13.3 Å². The summed E-state index contributed by atoms with van der Waals surface area (Å²) in [7, 11) is 3.89. The molecule has 21 heavy (non-hydrogen) atoms. The van der Waals surface area contributed by atoms with Crippen LogP contribution in [0.2, 0.25) is 0 Å². The number of carbonyl (C=O) groups is 1. The average molecular weight is 290 g/mol. The van der Waals surface area contributed by atoms with Crippen molar-refractivity contribution in [3.63, 3.8) is 0 Å². The van der Waals surface area contributed by atoms with Crippen LogP contribution >= 0.6 is 0 Å². The Morgan fingerprint density at radius 3 is 2.48 bits per heavy atom. The number of rotatable bonds is 4. The van der Waals surface area contributed by atoms with Crippen molar-refractivity contribution in [3.05, 3.63) is 23.8 Å². The Balaban J connectivity index is 2.12. The lowest BCUT2D eigenvalue weighted by molar-refractivity contribution is 0.0638. The number of carbonyl (C=O) groups excluding carboxylic acids is 1. The van der Waals surface area contributed by atoms with Gasteiger partial charge in [-0.2, -0.15) is 0 Å². The normalized spacial score (nSPS) is 16.0. The lowest BCUT2D eigenvalue weighted by Gasteiger charge is -2.35. The largest absolute Gasteiger partial charge is 0.399 e. The number of hydrogen-bond acceptors (Lipinski definition) is 4. The summed E-state index contributed by atoms with van der Waals surface area (Å²) in [5.74, 6) is 0.0853. The zero-order valence-electron chi connectivity index (χ0n) is 13.3. The molecule has 0 radical (unpaired) electrons. The summed E-state index contributed by atoms with van der Waals surface area (Å²) in [6, 6.07) is 5.54. The van der Waals surface area contributed by atoms with Crippen molar-refractivity contribution in [2.24, 2.45) is 0 Å². The highest BCUT2D eigenvalue weighted by Crippen LogP contribution is 2.23. The molecule has 1 aromatic rings. The van der Waals surface area contributed by atoms with Gasteiger partial charge in [0.2, 0.25) is 0 Å². The molecule has 1 aliphatic heterocycles. The minimum Gasteiger partial charge on any atom is -0.399 e. The number of piperazine rings is 1. The number of benzene rings is 1. The molecule has 1 aliphatic rings. The molecular weight excluding hydrogens is 264 g/mol. The van der Waals surface area contributed by atoms with E-state index in [-0.39, 0.29) is 5.91 Å². The zero-order valence-corrected chi connectivity index (χ0v) is 13.3. The van der Waals surface area contributed by atoms with Gasteiger partial charge >= 0.3 is 0 Å². The van der Waals surface area contributed by atoms with E-state index in [1.165, 1.54) is 0 Å². The smallest absolute Gasteiger partial charge is 0.256 e. The minimum atomic E-state index is 0.0853. The fourth-order valence-corrected chi connectivity index (χ4v) is 2.78. The van der Waals surface area contributed by atoms with Crippen molar-refractivity contribution in [3.8, 4) is 0 Å². The third-order valence-electron chi connectivity index (χ3n) is 3.93. The van der Waals surface area contributed by atoms with Crippen LogP contribution in [0.25, 0.3) is 0 Å². The van der Waals surface area contributed by atoms with E-state index in [0.29, 0.717) is 11.3 Å². The number of nitrogens with zero attached hydrogens (tertiary/aromatic N) is 3. The summed E-state index contributed by atoms with van der Waals surface area (Å²) in [5, 5.41) is 0. The fourth-order valence-electron chi connectivity index (χ4n) is 2.78. The standard InChI is InChI=1S/C16H26N4O/c1-4-7-19-8-10-20(11-9-19)16(21)14-12-13(17)5-6-15(14)18(2)3/h5-6,12H,4,7-11,17H2,1-3H3. The molecule has 1 saturated heterocycles. The highest BCUT2D eigenvalue weighted by Gasteiger charge is 2.24. The summed E-state index contributed by atoms with van der Waals surface area (Å²) in [5.41, 5.74) is 8.11. The van der Waals surface area contributed by atoms with E-state index in [9.17, 15) is 4.79 Å². The summed E-state index contributed by atoms with van der Waals surface area (Å²) < 4.78 is 0. The highest BCUT2D eigenvalue weighted by atomic mass is 16.2. The van der Waals surface area contributed by atoms with Crippen LogP contribution in [0, 0.1) is 0 Å². The van der Waals surface area contributed by atoms with Gasteiger partial charge in [-0.1, -0.05) is 6.92 Å². The van der Waals surface area contributed by atoms with E-state index in [1.54, 1.807) is 6.07 Å². The van der Waals surface area contributed by atoms with Gasteiger partial charge in [-0.25, -0.2) is 0 Å². The quantitative estimate of drug-likeness (QED) is 0.854. The van der Waals surface area contributed by atoms with Crippen molar-refractivity contribution in [1.29, 1.82) is 0 Å². The average Bonchev–Trinajstić information content (AvgIpc) is 2.47. The molecule has 5 heteroatoms. The second kappa shape index (κ2) is 6.80. The van der Waals surface area contributed by atoms with Crippen molar-refractivity contribution in [1.82, 2.24) is 9.80 Å². The molecule has 2 N–H and O–H groups in total. The predicted molar refractivity (Wildman–Crippen MR) is 87.8 cm³/mol. The zero-order chi connectivity index (χ0) is 15.4. The first kappa shape index (κ1) is 15.6. The maximum absolute atomic E-state index is 12.8. The number of hydrogen-bond donors (Lipinski definition) is 1. The molecule has 1 aromatic carbocycles. The van der Waals surface area contributed by atoms with Gasteiger partial charge in [0.15, 0.2) is 0 Å². The molecule has 5 nitrogen and oxygen atoms in total. The van der Waals surface area contributed by atoms with E-state index in [1.807, 2.05) is 36.0 Å². The van der Waals surface area contributed by atoms with Crippen LogP contribution in [0.15, 0.2) is 18.2 Å². The number of amides is 1. The van der Waals surface area contributed by atoms with Crippen LogP contribution in [0.5, 0.6) is 0 Å². The van der Waals surface area contributed by atoms with Crippen molar-refractivity contribution < 1.29 is 4.79 Å². The molecule has 1 fully saturated rings. The van der Waals surface area contributed by atoms with Crippen LogP contribution < -0.4 is 10.6 Å². The first-order chi connectivity index (χ1) is 10.0. The Morgan fingerprint density at radius 1 is 1.24 bits per heavy atom. The number of anilines is 2. The maximum atomic E-state index is 12.8. The molecule has 0 bridgehead atoms. The third kappa shape index (κ3) is 3.67. The SMILES string of the molecule is CCCN1CCN(C(=O)c2cc(N)ccc2N(C)C)CC1. The second-order valence-electron chi connectivity index (χ2n) is 5.80. The maximum Gasteiger partial charge on any atom is 0.256 e. The topological polar surface area (TPSA) is 52.8 Å². The highest BCUT2D eigenvalue weighted by molar-refractivity contribution is 6.00. The van der Waals surface area contributed by atoms with Gasteiger partial charge in [0.05, 0.1) is 5.56 Å². The number of nitrogen functional groups attached to an aromatic ring is 1. The van der Waals surface area contributed by atoms with E-state index in [2.05, 4.69) is 11.8 Å². The van der Waals surface area contributed by atoms with Crippen molar-refractivity contribution in [2.75, 3.05) is 57.5 Å². The van der Waals surface area contributed by atoms with Crippen LogP contribution in [-0.2, 0) is 0 Å². The van der Waals surface area contributed by atoms with E-state index < -0.39 is 0 Å². The van der Waals surface area contributed by atoms with Gasteiger partial charge in [0, 0.05) is 51.6 Å². The molecule has 1 amide bonds. The van der Waals surface area contributed by atoms with Gasteiger partial charge < -0.3 is 15.5 Å². The Hall–Kier alpha value is -1.75. The van der Waals surface area contributed by atoms with Crippen LogP contribution in [0.3, 0.4) is 0 Å². The number of nitrogens with two attached hydrogens (primary N) is 1. The summed E-state index contributed by atoms with van der Waals surface area (Å²) in [6.45, 7) is 6.80. The van der Waals surface area contributed by atoms with E-state index >= 15 is 0 Å². The first-order valence-electron chi connectivity index (χ1n) is 7.61. The summed E-state index contributed by atoms with van der Waals surface area (Å²) in [6.07, 6.45) is 1.16. The molecule has 2 rings (SSSR count). The predicted octanol–water partition coefficient (Wildman–Crippen LogP) is 1.50. The molecule has 0 spiro atoms. The van der Waals surface area contributed by atoms with E-state index in [0.717, 1.165) is 44.8 Å². The van der Waals surface area contributed by atoms with Crippen LogP contribution in [-0.4, -0.2) is 62.5 Å². The first-order valence-corrected chi connectivity index (χ1v) is 7.61. The summed E-state index contributed by atoms with van der Waals surface area (Å²) in [4.78, 5) is 19.1. The van der Waals surface area contributed by atoms with Gasteiger partial charge in [0.1, 0.15) is 0 Å². The molecule has 0 aromatic heterocycles. The second-order valence-corrected chi connectivity index (χ2v) is 5.80. The molecular formula is C16H26N4O. The Labute approximate surface area is 127 Å². The molecule has 0 aliphatic carbocycles. The Bertz CT molecular complexity index is 493. The molecule has 1 heterocycles. The van der Waals surface area contributed by atoms with Gasteiger partial charge in [-0.05, 0) is 31.2 Å². The van der Waals surface area contributed by atoms with Crippen LogP contribution in [0.1, 0.15) is 23.7 Å². The van der Waals surface area contributed by atoms with Gasteiger partial charge in [-0.3, -0.25) is 9.69 Å². The molecule has 116 valence electrons. The molecule has 0 saturated carbocycles. The third-order valence-corrected chi connectivity index (χ3v) is 3.93. The van der Waals surface area contributed by atoms with Crippen LogP contribution in [0.4, 0.5) is 11.4 Å². The van der Waals surface area contributed by atoms with Crippen molar-refractivity contribution >= 4 is 17.3 Å². The summed E-state index contributed by atoms with van der Waals surface area (Å²) >= 11 is 0.